The molecule has 0 aliphatic carbocycles. The maximum Gasteiger partial charge on any atom is 0.301 e. The predicted octanol–water partition coefficient (Wildman–Crippen LogP) is 7.93. The van der Waals surface area contributed by atoms with Gasteiger partial charge in [0.15, 0.2) is 4.34 Å². The lowest BCUT2D eigenvalue weighted by Crippen LogP contribution is -2.29. The molecular formula is C33H32ClN3O5S2. The van der Waals surface area contributed by atoms with Crippen LogP contribution in [0.3, 0.4) is 0 Å². The van der Waals surface area contributed by atoms with Crippen LogP contribution in [0.5, 0.6) is 11.5 Å². The van der Waals surface area contributed by atoms with Gasteiger partial charge in [0.25, 0.3) is 5.78 Å². The third-order valence-electron chi connectivity index (χ3n) is 6.90. The fourth-order valence-electron chi connectivity index (χ4n) is 4.65. The summed E-state index contributed by atoms with van der Waals surface area (Å²) >= 11 is 8.68. The number of aliphatic hydroxyl groups excluding tert-OH is 1. The molecule has 1 unspecified atom stereocenters. The molecule has 44 heavy (non-hydrogen) atoms. The standard InChI is InChI=1S/C33H32ClN3O5S2/c1-4-41-25-14-10-22(11-15-25)29(38)27-28(23-6-5-7-26(18-23)42-17-16-20(2)3)37(31(40)30(27)39)32-35-36-33(44-32)43-19-21-8-12-24(34)13-9-21/h5-15,18,20,28,38H,4,16-17,19H2,1-3H3/b29-27+. The van der Waals surface area contributed by atoms with Gasteiger partial charge < -0.3 is 14.6 Å². The molecule has 1 fully saturated rings. The number of benzene rings is 3. The van der Waals surface area contributed by atoms with Crippen LogP contribution in [-0.2, 0) is 15.3 Å². The molecule has 0 radical (unpaired) electrons. The summed E-state index contributed by atoms with van der Waals surface area (Å²) in [5, 5.41) is 21.0. The van der Waals surface area contributed by atoms with Crippen LogP contribution in [0.25, 0.3) is 5.76 Å². The van der Waals surface area contributed by atoms with Crippen molar-refractivity contribution in [3.05, 3.63) is 100 Å². The van der Waals surface area contributed by atoms with Crippen LogP contribution in [0.4, 0.5) is 5.13 Å². The Morgan fingerprint density at radius 3 is 2.48 bits per heavy atom. The van der Waals surface area contributed by atoms with Crippen molar-refractivity contribution in [2.45, 2.75) is 43.3 Å². The number of ketones is 1. The van der Waals surface area contributed by atoms with Crippen LogP contribution < -0.4 is 14.4 Å². The van der Waals surface area contributed by atoms with E-state index in [1.54, 1.807) is 30.3 Å². The third kappa shape index (κ3) is 7.26. The molecule has 4 aromatic rings. The number of hydrogen-bond donors (Lipinski definition) is 1. The Kier molecular flexibility index (Phi) is 10.2. The van der Waals surface area contributed by atoms with Crippen LogP contribution in [0, 0.1) is 5.92 Å². The number of ether oxygens (including phenoxy) is 2. The second-order valence-corrected chi connectivity index (χ2v) is 13.1. The molecule has 8 nitrogen and oxygen atoms in total. The largest absolute Gasteiger partial charge is 0.507 e. The Morgan fingerprint density at radius 1 is 1.02 bits per heavy atom. The zero-order valence-electron chi connectivity index (χ0n) is 24.5. The summed E-state index contributed by atoms with van der Waals surface area (Å²) in [4.78, 5) is 28.6. The number of halogens is 1. The van der Waals surface area contributed by atoms with Gasteiger partial charge in [0, 0.05) is 16.3 Å². The Hall–Kier alpha value is -3.86. The molecule has 228 valence electrons. The topological polar surface area (TPSA) is 102 Å². The Labute approximate surface area is 269 Å². The van der Waals surface area contributed by atoms with Gasteiger partial charge in [0.2, 0.25) is 5.13 Å². The smallest absolute Gasteiger partial charge is 0.301 e. The van der Waals surface area contributed by atoms with Crippen molar-refractivity contribution in [3.63, 3.8) is 0 Å². The molecule has 1 aliphatic heterocycles. The number of rotatable bonds is 12. The van der Waals surface area contributed by atoms with E-state index in [0.717, 1.165) is 12.0 Å². The minimum Gasteiger partial charge on any atom is -0.507 e. The molecule has 2 heterocycles. The van der Waals surface area contributed by atoms with E-state index in [1.165, 1.54) is 28.0 Å². The molecule has 1 amide bonds. The average Bonchev–Trinajstić information content (AvgIpc) is 3.59. The molecular weight excluding hydrogens is 618 g/mol. The normalized spacial score (nSPS) is 16.1. The van der Waals surface area contributed by atoms with Gasteiger partial charge >= 0.3 is 5.91 Å². The molecule has 0 spiro atoms. The summed E-state index contributed by atoms with van der Waals surface area (Å²) in [7, 11) is 0. The number of aromatic nitrogens is 2. The van der Waals surface area contributed by atoms with Gasteiger partial charge in [-0.05, 0) is 78.9 Å². The number of aliphatic hydroxyl groups is 1. The number of amides is 1. The van der Waals surface area contributed by atoms with Crippen molar-refractivity contribution < 1.29 is 24.2 Å². The zero-order chi connectivity index (χ0) is 31.2. The van der Waals surface area contributed by atoms with E-state index in [4.69, 9.17) is 21.1 Å². The second-order valence-electron chi connectivity index (χ2n) is 10.5. The molecule has 11 heteroatoms. The number of carbonyl (C=O) groups is 2. The Morgan fingerprint density at radius 2 is 1.77 bits per heavy atom. The number of anilines is 1. The summed E-state index contributed by atoms with van der Waals surface area (Å²) in [6, 6.07) is 20.6. The van der Waals surface area contributed by atoms with Gasteiger partial charge in [-0.2, -0.15) is 0 Å². The zero-order valence-corrected chi connectivity index (χ0v) is 26.9. The molecule has 5 rings (SSSR count). The van der Waals surface area contributed by atoms with Crippen LogP contribution in [0.15, 0.2) is 82.7 Å². The van der Waals surface area contributed by atoms with E-state index < -0.39 is 17.7 Å². The van der Waals surface area contributed by atoms with Crippen molar-refractivity contribution >= 4 is 57.3 Å². The van der Waals surface area contributed by atoms with Crippen LogP contribution >= 0.6 is 34.7 Å². The van der Waals surface area contributed by atoms with Crippen LogP contribution in [-0.4, -0.2) is 40.2 Å². The van der Waals surface area contributed by atoms with Crippen molar-refractivity contribution in [2.75, 3.05) is 18.1 Å². The molecule has 1 aromatic heterocycles. The number of thioether (sulfide) groups is 1. The lowest BCUT2D eigenvalue weighted by Gasteiger charge is -2.23. The fourth-order valence-corrected chi connectivity index (χ4v) is 6.60. The Balaban J connectivity index is 1.51. The number of carbonyl (C=O) groups excluding carboxylic acids is 2. The van der Waals surface area contributed by atoms with Crippen LogP contribution in [0.1, 0.15) is 49.9 Å². The van der Waals surface area contributed by atoms with Crippen molar-refractivity contribution in [1.29, 1.82) is 0 Å². The molecule has 1 N–H and O–H groups in total. The molecule has 0 bridgehead atoms. The Bertz CT molecular complexity index is 1650. The molecule has 1 saturated heterocycles. The summed E-state index contributed by atoms with van der Waals surface area (Å²) in [6.07, 6.45) is 0.877. The van der Waals surface area contributed by atoms with Gasteiger partial charge in [-0.25, -0.2) is 0 Å². The van der Waals surface area contributed by atoms with Crippen molar-refractivity contribution in [2.24, 2.45) is 5.92 Å². The van der Waals surface area contributed by atoms with Crippen LogP contribution in [0.2, 0.25) is 5.02 Å². The first-order chi connectivity index (χ1) is 21.2. The van der Waals surface area contributed by atoms with E-state index in [-0.39, 0.29) is 16.5 Å². The van der Waals surface area contributed by atoms with E-state index in [9.17, 15) is 14.7 Å². The SMILES string of the molecule is CCOc1ccc(/C(O)=C2\C(=O)C(=O)N(c3nnc(SCc4ccc(Cl)cc4)s3)C2c2cccc(OCCC(C)C)c2)cc1. The minimum atomic E-state index is -0.947. The maximum atomic E-state index is 13.6. The third-order valence-corrected chi connectivity index (χ3v) is 9.28. The highest BCUT2D eigenvalue weighted by Gasteiger charge is 2.48. The van der Waals surface area contributed by atoms with E-state index in [0.29, 0.717) is 56.9 Å². The highest BCUT2D eigenvalue weighted by atomic mass is 35.5. The van der Waals surface area contributed by atoms with Gasteiger partial charge in [-0.15, -0.1) is 10.2 Å². The molecule has 3 aromatic carbocycles. The first-order valence-corrected chi connectivity index (χ1v) is 16.4. The second kappa shape index (κ2) is 14.3. The highest BCUT2D eigenvalue weighted by Crippen LogP contribution is 2.44. The monoisotopic (exact) mass is 649 g/mol. The molecule has 1 aliphatic rings. The van der Waals surface area contributed by atoms with E-state index in [2.05, 4.69) is 24.0 Å². The van der Waals surface area contributed by atoms with Gasteiger partial charge in [-0.1, -0.05) is 72.8 Å². The highest BCUT2D eigenvalue weighted by molar-refractivity contribution is 8.00. The average molecular weight is 650 g/mol. The molecule has 1 atom stereocenters. The van der Waals surface area contributed by atoms with Gasteiger partial charge in [-0.3, -0.25) is 14.5 Å². The van der Waals surface area contributed by atoms with Gasteiger partial charge in [0.05, 0.1) is 24.8 Å². The number of nitrogens with zero attached hydrogens (tertiary/aromatic N) is 3. The summed E-state index contributed by atoms with van der Waals surface area (Å²) < 4.78 is 12.2. The van der Waals surface area contributed by atoms with E-state index in [1.807, 2.05) is 49.4 Å². The quantitative estimate of drug-likeness (QED) is 0.0543. The predicted molar refractivity (Wildman–Crippen MR) is 175 cm³/mol. The minimum absolute atomic E-state index is 0.0379. The maximum absolute atomic E-state index is 13.6. The lowest BCUT2D eigenvalue weighted by molar-refractivity contribution is -0.132. The molecule has 0 saturated carbocycles. The summed E-state index contributed by atoms with van der Waals surface area (Å²) in [6.45, 7) is 7.15. The first kappa shape index (κ1) is 31.6. The number of hydrogen-bond acceptors (Lipinski definition) is 9. The first-order valence-electron chi connectivity index (χ1n) is 14.2. The van der Waals surface area contributed by atoms with Gasteiger partial charge in [0.1, 0.15) is 17.3 Å². The van der Waals surface area contributed by atoms with E-state index >= 15 is 0 Å². The summed E-state index contributed by atoms with van der Waals surface area (Å²) in [5.74, 6) is 0.449. The van der Waals surface area contributed by atoms with Crippen molar-refractivity contribution in [3.8, 4) is 11.5 Å². The number of Topliss-reactive ketones (excluding diaryl/α,β-unsaturated/α-hetero) is 1. The lowest BCUT2D eigenvalue weighted by atomic mass is 9.95. The van der Waals surface area contributed by atoms with Crippen molar-refractivity contribution in [1.82, 2.24) is 10.2 Å². The summed E-state index contributed by atoms with van der Waals surface area (Å²) in [5.41, 5.74) is 2.01. The fraction of sp³-hybridized carbons (Fsp3) is 0.273.